The lowest BCUT2D eigenvalue weighted by Crippen LogP contribution is -2.53. The summed E-state index contributed by atoms with van der Waals surface area (Å²) in [6.45, 7) is 6.31. The zero-order chi connectivity index (χ0) is 24.0. The van der Waals surface area contributed by atoms with Crippen molar-refractivity contribution in [1.29, 1.82) is 0 Å². The van der Waals surface area contributed by atoms with Crippen LogP contribution in [-0.4, -0.2) is 52.2 Å². The van der Waals surface area contributed by atoms with Gasteiger partial charge >= 0.3 is 0 Å². The minimum absolute atomic E-state index is 0.0312. The van der Waals surface area contributed by atoms with Gasteiger partial charge in [0.25, 0.3) is 0 Å². The van der Waals surface area contributed by atoms with Crippen molar-refractivity contribution in [2.24, 2.45) is 11.3 Å². The van der Waals surface area contributed by atoms with Crippen molar-refractivity contribution in [3.63, 3.8) is 0 Å². The van der Waals surface area contributed by atoms with E-state index in [-0.39, 0.29) is 24.4 Å². The summed E-state index contributed by atoms with van der Waals surface area (Å²) in [5.41, 5.74) is 0.821. The molecule has 1 aromatic heterocycles. The highest BCUT2D eigenvalue weighted by Crippen LogP contribution is 2.38. The minimum Gasteiger partial charge on any atom is -0.491 e. The topological polar surface area (TPSA) is 76.5 Å². The highest BCUT2D eigenvalue weighted by molar-refractivity contribution is 5.83. The summed E-state index contributed by atoms with van der Waals surface area (Å²) in [6.07, 6.45) is 9.59. The van der Waals surface area contributed by atoms with E-state index >= 15 is 0 Å². The number of aryl methyl sites for hydroxylation is 1. The third kappa shape index (κ3) is 5.99. The van der Waals surface area contributed by atoms with E-state index in [0.717, 1.165) is 37.9 Å². The zero-order valence-corrected chi connectivity index (χ0v) is 20.5. The number of benzene rings is 1. The third-order valence-electron chi connectivity index (χ3n) is 7.27. The van der Waals surface area contributed by atoms with Crippen molar-refractivity contribution in [2.75, 3.05) is 19.7 Å². The number of fused-ring (bicyclic) bond motifs is 1. The van der Waals surface area contributed by atoms with E-state index in [9.17, 15) is 9.59 Å². The van der Waals surface area contributed by atoms with Gasteiger partial charge in [0.1, 0.15) is 18.9 Å². The molecule has 2 aliphatic heterocycles. The molecule has 0 saturated carbocycles. The van der Waals surface area contributed by atoms with Gasteiger partial charge in [-0.2, -0.15) is 5.10 Å². The smallest absolute Gasteiger partial charge is 0.244 e. The highest BCUT2D eigenvalue weighted by Gasteiger charge is 2.42. The Morgan fingerprint density at radius 3 is 2.71 bits per heavy atom. The normalized spacial score (nSPS) is 21.2. The molecule has 1 spiro atoms. The number of rotatable bonds is 4. The van der Waals surface area contributed by atoms with Crippen molar-refractivity contribution in [2.45, 2.75) is 71.4 Å². The van der Waals surface area contributed by atoms with Crippen molar-refractivity contribution < 1.29 is 14.3 Å². The third-order valence-corrected chi connectivity index (χ3v) is 7.27. The Morgan fingerprint density at radius 1 is 1.18 bits per heavy atom. The SMILES string of the molecule is CC(C)C[C@H]1COc2ccccc2CCCCC2(CCN(C(=O)Cn3cccn3)CC2)C(=O)N1. The Balaban J connectivity index is 1.46. The fourth-order valence-electron chi connectivity index (χ4n) is 5.30. The van der Waals surface area contributed by atoms with Crippen LogP contribution in [0.5, 0.6) is 5.75 Å². The Morgan fingerprint density at radius 2 is 1.97 bits per heavy atom. The van der Waals surface area contributed by atoms with Crippen LogP contribution in [0.3, 0.4) is 0 Å². The number of carbonyl (C=O) groups excluding carboxylic acids is 2. The number of para-hydroxylation sites is 1. The molecule has 7 nitrogen and oxygen atoms in total. The number of hydrogen-bond acceptors (Lipinski definition) is 4. The Labute approximate surface area is 202 Å². The molecule has 2 aromatic rings. The van der Waals surface area contributed by atoms with Gasteiger partial charge in [0.2, 0.25) is 11.8 Å². The van der Waals surface area contributed by atoms with Gasteiger partial charge in [-0.3, -0.25) is 14.3 Å². The molecule has 3 heterocycles. The number of ether oxygens (including phenoxy) is 1. The monoisotopic (exact) mass is 466 g/mol. The number of carbonyl (C=O) groups is 2. The van der Waals surface area contributed by atoms with E-state index in [1.54, 1.807) is 17.1 Å². The molecule has 1 N–H and O–H groups in total. The van der Waals surface area contributed by atoms with Crippen LogP contribution in [0.4, 0.5) is 0 Å². The second-order valence-corrected chi connectivity index (χ2v) is 10.3. The maximum atomic E-state index is 13.7. The zero-order valence-electron chi connectivity index (χ0n) is 20.5. The first kappa shape index (κ1) is 24.3. The quantitative estimate of drug-likeness (QED) is 0.743. The molecule has 7 heteroatoms. The largest absolute Gasteiger partial charge is 0.491 e. The van der Waals surface area contributed by atoms with Crippen LogP contribution in [-0.2, 0) is 22.6 Å². The second kappa shape index (κ2) is 11.1. The Kier molecular flexibility index (Phi) is 7.91. The molecule has 0 radical (unpaired) electrons. The van der Waals surface area contributed by atoms with Crippen LogP contribution >= 0.6 is 0 Å². The summed E-state index contributed by atoms with van der Waals surface area (Å²) in [7, 11) is 0. The first-order valence-electron chi connectivity index (χ1n) is 12.7. The lowest BCUT2D eigenvalue weighted by Gasteiger charge is -2.42. The predicted molar refractivity (Wildman–Crippen MR) is 131 cm³/mol. The van der Waals surface area contributed by atoms with E-state index in [4.69, 9.17) is 4.74 Å². The minimum atomic E-state index is -0.420. The molecular weight excluding hydrogens is 428 g/mol. The molecule has 0 bridgehead atoms. The molecule has 184 valence electrons. The maximum Gasteiger partial charge on any atom is 0.244 e. The summed E-state index contributed by atoms with van der Waals surface area (Å²) in [6, 6.07) is 10.1. The first-order chi connectivity index (χ1) is 16.4. The van der Waals surface area contributed by atoms with Crippen LogP contribution in [0.2, 0.25) is 0 Å². The van der Waals surface area contributed by atoms with Gasteiger partial charge in [-0.25, -0.2) is 0 Å². The number of amides is 2. The Bertz CT molecular complexity index is 949. The number of piperidine rings is 1. The van der Waals surface area contributed by atoms with Crippen molar-refractivity contribution in [3.05, 3.63) is 48.3 Å². The van der Waals surface area contributed by atoms with Gasteiger partial charge in [-0.15, -0.1) is 0 Å². The van der Waals surface area contributed by atoms with Crippen LogP contribution in [0.1, 0.15) is 57.9 Å². The van der Waals surface area contributed by atoms with Gasteiger partial charge in [0.15, 0.2) is 0 Å². The Hall–Kier alpha value is -2.83. The van der Waals surface area contributed by atoms with Crippen molar-refractivity contribution in [3.8, 4) is 5.75 Å². The number of aromatic nitrogens is 2. The van der Waals surface area contributed by atoms with E-state index < -0.39 is 5.41 Å². The number of nitrogens with zero attached hydrogens (tertiary/aromatic N) is 3. The van der Waals surface area contributed by atoms with Gasteiger partial charge in [-0.05, 0) is 62.1 Å². The fourth-order valence-corrected chi connectivity index (χ4v) is 5.30. The summed E-state index contributed by atoms with van der Waals surface area (Å²) in [5.74, 6) is 1.59. The predicted octanol–water partition coefficient (Wildman–Crippen LogP) is 3.83. The van der Waals surface area contributed by atoms with Gasteiger partial charge < -0.3 is 15.0 Å². The fraction of sp³-hybridized carbons (Fsp3) is 0.593. The first-order valence-corrected chi connectivity index (χ1v) is 12.7. The average Bonchev–Trinajstić information content (AvgIpc) is 3.33. The van der Waals surface area contributed by atoms with Crippen molar-refractivity contribution in [1.82, 2.24) is 20.0 Å². The lowest BCUT2D eigenvalue weighted by atomic mass is 9.73. The average molecular weight is 467 g/mol. The standard InChI is InChI=1S/C27H38N4O3/c1-21(2)18-23-20-34-24-10-4-3-8-22(24)9-5-6-11-27(26(33)29-23)12-16-30(17-13-27)25(32)19-31-15-7-14-28-31/h3-4,7-8,10,14-15,21,23H,5-6,9,11-13,16-20H2,1-2H3,(H,29,33)/t23-/m0/s1. The highest BCUT2D eigenvalue weighted by atomic mass is 16.5. The van der Waals surface area contributed by atoms with Gasteiger partial charge in [-0.1, -0.05) is 38.5 Å². The maximum absolute atomic E-state index is 13.7. The second-order valence-electron chi connectivity index (χ2n) is 10.3. The molecule has 2 amide bonds. The van der Waals surface area contributed by atoms with Crippen LogP contribution < -0.4 is 10.1 Å². The summed E-state index contributed by atoms with van der Waals surface area (Å²) in [4.78, 5) is 28.3. The van der Waals surface area contributed by atoms with E-state index in [0.29, 0.717) is 38.5 Å². The number of nitrogens with one attached hydrogen (secondary N) is 1. The van der Waals surface area contributed by atoms with E-state index in [1.807, 2.05) is 23.1 Å². The molecule has 1 aromatic carbocycles. The number of hydrogen-bond donors (Lipinski definition) is 1. The van der Waals surface area contributed by atoms with E-state index in [2.05, 4.69) is 36.4 Å². The van der Waals surface area contributed by atoms with Crippen LogP contribution in [0.25, 0.3) is 0 Å². The molecule has 0 unspecified atom stereocenters. The molecule has 1 atom stereocenters. The lowest BCUT2D eigenvalue weighted by molar-refractivity contribution is -0.142. The van der Waals surface area contributed by atoms with Crippen molar-refractivity contribution >= 4 is 11.8 Å². The summed E-state index contributed by atoms with van der Waals surface area (Å²) >= 11 is 0. The summed E-state index contributed by atoms with van der Waals surface area (Å²) in [5, 5.41) is 7.50. The van der Waals surface area contributed by atoms with E-state index in [1.165, 1.54) is 5.56 Å². The molecular formula is C27H38N4O3. The molecule has 4 rings (SSSR count). The summed E-state index contributed by atoms with van der Waals surface area (Å²) < 4.78 is 7.88. The van der Waals surface area contributed by atoms with Gasteiger partial charge in [0.05, 0.1) is 11.5 Å². The number of likely N-dealkylation sites (tertiary alicyclic amines) is 1. The van der Waals surface area contributed by atoms with Crippen LogP contribution in [0.15, 0.2) is 42.7 Å². The van der Waals surface area contributed by atoms with Crippen LogP contribution in [0, 0.1) is 11.3 Å². The molecule has 2 aliphatic rings. The molecule has 1 saturated heterocycles. The molecule has 0 aliphatic carbocycles. The molecule has 34 heavy (non-hydrogen) atoms. The van der Waals surface area contributed by atoms with Gasteiger partial charge in [0, 0.05) is 25.5 Å². The molecule has 1 fully saturated rings.